The smallest absolute Gasteiger partial charge is 0.257 e. The summed E-state index contributed by atoms with van der Waals surface area (Å²) < 4.78 is 44.4. The van der Waals surface area contributed by atoms with Crippen molar-refractivity contribution in [1.82, 2.24) is 9.29 Å². The molecule has 0 spiro atoms. The molecule has 3 rings (SSSR count). The van der Waals surface area contributed by atoms with Gasteiger partial charge in [0, 0.05) is 17.6 Å². The highest BCUT2D eigenvalue weighted by Crippen LogP contribution is 2.38. The van der Waals surface area contributed by atoms with Gasteiger partial charge in [-0.15, -0.1) is 0 Å². The lowest BCUT2D eigenvalue weighted by molar-refractivity contribution is 0.102. The fourth-order valence-corrected chi connectivity index (χ4v) is 6.61. The highest BCUT2D eigenvalue weighted by Gasteiger charge is 2.30. The number of thiazole rings is 1. The van der Waals surface area contributed by atoms with Crippen LogP contribution in [0.4, 0.5) is 5.13 Å². The molecule has 3 aromatic rings. The van der Waals surface area contributed by atoms with E-state index >= 15 is 0 Å². The average molecular weight is 508 g/mol. The molecule has 1 amide bonds. The first-order valence-electron chi connectivity index (χ1n) is 10.6. The number of sulfonamides is 1. The Morgan fingerprint density at radius 2 is 1.56 bits per heavy atom. The Balaban J connectivity index is 1.92. The molecule has 0 aliphatic rings. The van der Waals surface area contributed by atoms with Crippen molar-refractivity contribution in [3.63, 3.8) is 0 Å². The van der Waals surface area contributed by atoms with Crippen molar-refractivity contribution >= 4 is 42.6 Å². The van der Waals surface area contributed by atoms with E-state index in [1.165, 1.54) is 37.0 Å². The number of benzene rings is 2. The molecule has 0 radical (unpaired) electrons. The summed E-state index contributed by atoms with van der Waals surface area (Å²) in [5.41, 5.74) is 0.881. The normalized spacial score (nSPS) is 11.9. The molecular weight excluding hydrogens is 478 g/mol. The van der Waals surface area contributed by atoms with Gasteiger partial charge in [-0.1, -0.05) is 11.3 Å². The van der Waals surface area contributed by atoms with Crippen molar-refractivity contribution in [3.8, 4) is 17.2 Å². The van der Waals surface area contributed by atoms with Crippen molar-refractivity contribution < 1.29 is 27.4 Å². The Hall–Kier alpha value is -2.89. The minimum Gasteiger partial charge on any atom is -0.493 e. The third-order valence-corrected chi connectivity index (χ3v) is 8.28. The van der Waals surface area contributed by atoms with E-state index in [-0.39, 0.29) is 17.0 Å². The van der Waals surface area contributed by atoms with Crippen LogP contribution in [0.25, 0.3) is 10.2 Å². The van der Waals surface area contributed by atoms with E-state index in [9.17, 15) is 13.2 Å². The third kappa shape index (κ3) is 4.96. The number of nitrogens with zero attached hydrogens (tertiary/aromatic N) is 2. The van der Waals surface area contributed by atoms with Gasteiger partial charge in [0.25, 0.3) is 5.91 Å². The standard InChI is InChI=1S/C23H29N3O6S2/c1-13(2)26(14(3)4)34(28,29)16-8-9-17-20(12-16)33-23(24-17)25-22(27)15-10-18(30-5)21(32-7)19(11-15)31-6/h8-14H,1-7H3,(H,24,25,27). The minimum absolute atomic E-state index is 0.185. The molecule has 0 saturated heterocycles. The van der Waals surface area contributed by atoms with E-state index < -0.39 is 15.9 Å². The maximum absolute atomic E-state index is 13.2. The van der Waals surface area contributed by atoms with E-state index in [1.54, 1.807) is 30.3 Å². The van der Waals surface area contributed by atoms with E-state index in [4.69, 9.17) is 14.2 Å². The van der Waals surface area contributed by atoms with Gasteiger partial charge in [0.15, 0.2) is 16.6 Å². The lowest BCUT2D eigenvalue weighted by atomic mass is 10.1. The predicted molar refractivity (Wildman–Crippen MR) is 133 cm³/mol. The number of hydrogen-bond donors (Lipinski definition) is 1. The van der Waals surface area contributed by atoms with Crippen LogP contribution in [0.3, 0.4) is 0 Å². The molecule has 184 valence electrons. The first kappa shape index (κ1) is 25.7. The van der Waals surface area contributed by atoms with Gasteiger partial charge in [0.1, 0.15) is 0 Å². The van der Waals surface area contributed by atoms with Crippen molar-refractivity contribution in [2.75, 3.05) is 26.6 Å². The van der Waals surface area contributed by atoms with Crippen LogP contribution in [0.15, 0.2) is 35.2 Å². The van der Waals surface area contributed by atoms with Crippen molar-refractivity contribution in [2.24, 2.45) is 0 Å². The first-order chi connectivity index (χ1) is 16.0. The number of carbonyl (C=O) groups is 1. The summed E-state index contributed by atoms with van der Waals surface area (Å²) in [6, 6.07) is 7.50. The number of amides is 1. The number of hydrogen-bond acceptors (Lipinski definition) is 8. The maximum Gasteiger partial charge on any atom is 0.257 e. The molecule has 9 nitrogen and oxygen atoms in total. The Bertz CT molecular complexity index is 1270. The lowest BCUT2D eigenvalue weighted by Gasteiger charge is -2.29. The number of ether oxygens (including phenoxy) is 3. The molecule has 0 unspecified atom stereocenters. The molecule has 34 heavy (non-hydrogen) atoms. The van der Waals surface area contributed by atoms with Gasteiger partial charge < -0.3 is 14.2 Å². The van der Waals surface area contributed by atoms with Crippen LogP contribution in [0, 0.1) is 0 Å². The summed E-state index contributed by atoms with van der Waals surface area (Å²) in [4.78, 5) is 17.5. The molecule has 2 aromatic carbocycles. The largest absolute Gasteiger partial charge is 0.493 e. The molecule has 0 bridgehead atoms. The summed E-state index contributed by atoms with van der Waals surface area (Å²) in [5, 5.41) is 3.10. The number of methoxy groups -OCH3 is 3. The molecule has 0 fully saturated rings. The first-order valence-corrected chi connectivity index (χ1v) is 12.8. The van der Waals surface area contributed by atoms with Gasteiger partial charge in [-0.25, -0.2) is 13.4 Å². The number of aromatic nitrogens is 1. The zero-order valence-corrected chi connectivity index (χ0v) is 21.8. The second kappa shape index (κ2) is 10.2. The molecule has 0 aliphatic heterocycles. The Kier molecular flexibility index (Phi) is 7.69. The number of fused-ring (bicyclic) bond motifs is 1. The monoisotopic (exact) mass is 507 g/mol. The van der Waals surface area contributed by atoms with Crippen LogP contribution in [-0.2, 0) is 10.0 Å². The summed E-state index contributed by atoms with van der Waals surface area (Å²) in [5.74, 6) is 0.668. The third-order valence-electron chi connectivity index (χ3n) is 5.10. The highest BCUT2D eigenvalue weighted by atomic mass is 32.2. The van der Waals surface area contributed by atoms with E-state index in [2.05, 4.69) is 10.3 Å². The summed E-state index contributed by atoms with van der Waals surface area (Å²) in [6.07, 6.45) is 0. The van der Waals surface area contributed by atoms with Crippen molar-refractivity contribution in [1.29, 1.82) is 0 Å². The second-order valence-corrected chi connectivity index (χ2v) is 10.9. The molecule has 0 saturated carbocycles. The molecule has 1 aromatic heterocycles. The molecule has 0 aliphatic carbocycles. The number of rotatable bonds is 9. The minimum atomic E-state index is -3.68. The lowest BCUT2D eigenvalue weighted by Crippen LogP contribution is -2.41. The van der Waals surface area contributed by atoms with E-state index in [0.717, 1.165) is 0 Å². The second-order valence-electron chi connectivity index (χ2n) is 8.04. The van der Waals surface area contributed by atoms with Crippen LogP contribution in [0.2, 0.25) is 0 Å². The van der Waals surface area contributed by atoms with Crippen molar-refractivity contribution in [2.45, 2.75) is 44.7 Å². The zero-order valence-electron chi connectivity index (χ0n) is 20.2. The summed E-state index contributed by atoms with van der Waals surface area (Å²) in [7, 11) is 0.739. The molecule has 1 N–H and O–H groups in total. The molecule has 1 heterocycles. The number of nitrogens with one attached hydrogen (secondary N) is 1. The Labute approximate surface area is 203 Å². The van der Waals surface area contributed by atoms with Crippen LogP contribution in [0.5, 0.6) is 17.2 Å². The van der Waals surface area contributed by atoms with Crippen molar-refractivity contribution in [3.05, 3.63) is 35.9 Å². The quantitative estimate of drug-likeness (QED) is 0.458. The summed E-state index contributed by atoms with van der Waals surface area (Å²) in [6.45, 7) is 7.39. The van der Waals surface area contributed by atoms with Gasteiger partial charge in [-0.05, 0) is 58.0 Å². The topological polar surface area (TPSA) is 107 Å². The van der Waals surface area contributed by atoms with E-state index in [1.807, 2.05) is 27.7 Å². The molecular formula is C23H29N3O6S2. The van der Waals surface area contributed by atoms with Crippen LogP contribution < -0.4 is 19.5 Å². The number of carbonyl (C=O) groups excluding carboxylic acids is 1. The molecule has 11 heteroatoms. The predicted octanol–water partition coefficient (Wildman–Crippen LogP) is 4.38. The van der Waals surface area contributed by atoms with Gasteiger partial charge in [-0.3, -0.25) is 10.1 Å². The molecule has 0 atom stereocenters. The fraction of sp³-hybridized carbons (Fsp3) is 0.391. The maximum atomic E-state index is 13.2. The van der Waals surface area contributed by atoms with Crippen LogP contribution in [0.1, 0.15) is 38.1 Å². The van der Waals surface area contributed by atoms with E-state index in [0.29, 0.717) is 38.2 Å². The van der Waals surface area contributed by atoms with Gasteiger partial charge in [0.05, 0.1) is 36.4 Å². The SMILES string of the molecule is COc1cc(C(=O)Nc2nc3ccc(S(=O)(=O)N(C(C)C)C(C)C)cc3s2)cc(OC)c1OC. The van der Waals surface area contributed by atoms with Gasteiger partial charge in [-0.2, -0.15) is 4.31 Å². The Morgan fingerprint density at radius 1 is 0.971 bits per heavy atom. The fourth-order valence-electron chi connectivity index (χ4n) is 3.77. The Morgan fingerprint density at radius 3 is 2.06 bits per heavy atom. The highest BCUT2D eigenvalue weighted by molar-refractivity contribution is 7.89. The van der Waals surface area contributed by atoms with Gasteiger partial charge in [0.2, 0.25) is 15.8 Å². The number of anilines is 1. The zero-order chi connectivity index (χ0) is 25.2. The van der Waals surface area contributed by atoms with Gasteiger partial charge >= 0.3 is 0 Å². The van der Waals surface area contributed by atoms with Crippen LogP contribution >= 0.6 is 11.3 Å². The summed E-state index contributed by atoms with van der Waals surface area (Å²) >= 11 is 1.19. The average Bonchev–Trinajstić information content (AvgIpc) is 3.18. The van der Waals surface area contributed by atoms with Crippen LogP contribution in [-0.4, -0.2) is 57.0 Å².